The zero-order valence-corrected chi connectivity index (χ0v) is 12.4. The summed E-state index contributed by atoms with van der Waals surface area (Å²) in [5.41, 5.74) is -1.46. The van der Waals surface area contributed by atoms with Crippen molar-refractivity contribution in [3.05, 3.63) is 0 Å². The second-order valence-electron chi connectivity index (χ2n) is 4.24. The fraction of sp³-hybridized carbons (Fsp3) is 1.00. The average Bonchev–Trinajstić information content (AvgIpc) is 2.34. The Balaban J connectivity index is 4.27. The van der Waals surface area contributed by atoms with Crippen LogP contribution in [0.2, 0.25) is 0 Å². The fourth-order valence-electron chi connectivity index (χ4n) is 1.53. The molecule has 0 radical (unpaired) electrons. The summed E-state index contributed by atoms with van der Waals surface area (Å²) in [6, 6.07) is 0. The molecule has 0 spiro atoms. The van der Waals surface area contributed by atoms with Crippen LogP contribution in [0.15, 0.2) is 0 Å². The lowest BCUT2D eigenvalue weighted by Crippen LogP contribution is -2.46. The number of hydrogen-bond acceptors (Lipinski definition) is 4. The third-order valence-electron chi connectivity index (χ3n) is 2.69. The van der Waals surface area contributed by atoms with E-state index in [1.807, 2.05) is 13.8 Å². The average molecular weight is 286 g/mol. The number of halogens is 2. The summed E-state index contributed by atoms with van der Waals surface area (Å²) in [5, 5.41) is 5.65. The van der Waals surface area contributed by atoms with Gasteiger partial charge in [-0.25, -0.2) is 8.78 Å². The topological polar surface area (TPSA) is 24.1 Å². The summed E-state index contributed by atoms with van der Waals surface area (Å²) in [6.45, 7) is 5.13. The van der Waals surface area contributed by atoms with Crippen LogP contribution < -0.4 is 10.6 Å². The van der Waals surface area contributed by atoms with Crippen LogP contribution in [0.25, 0.3) is 0 Å². The molecule has 0 rings (SSSR count). The maximum Gasteiger partial charge on any atom is 0.170 e. The van der Waals surface area contributed by atoms with Gasteiger partial charge in [0.1, 0.15) is 5.67 Å². The molecular formula is C11H24F2N2S2. The molecule has 0 unspecified atom stereocenters. The molecule has 0 amide bonds. The van der Waals surface area contributed by atoms with Crippen LogP contribution in [-0.2, 0) is 0 Å². The van der Waals surface area contributed by atoms with Gasteiger partial charge in [-0.2, -0.15) is 25.3 Å². The number of alkyl halides is 2. The Morgan fingerprint density at radius 3 is 2.06 bits per heavy atom. The maximum atomic E-state index is 14.3. The Morgan fingerprint density at radius 1 is 1.00 bits per heavy atom. The first-order valence-corrected chi connectivity index (χ1v) is 7.27. The highest BCUT2D eigenvalue weighted by molar-refractivity contribution is 7.80. The lowest BCUT2D eigenvalue weighted by atomic mass is 9.97. The minimum Gasteiger partial charge on any atom is -0.314 e. The molecule has 0 aromatic heterocycles. The molecule has 0 aromatic rings. The molecule has 0 bridgehead atoms. The molecule has 17 heavy (non-hydrogen) atoms. The van der Waals surface area contributed by atoms with Gasteiger partial charge in [0, 0.05) is 18.1 Å². The molecule has 0 saturated heterocycles. The number of rotatable bonds is 10. The van der Waals surface area contributed by atoms with Crippen LogP contribution in [0.3, 0.4) is 0 Å². The Morgan fingerprint density at radius 2 is 1.65 bits per heavy atom. The molecule has 2 nitrogen and oxygen atoms in total. The minimum atomic E-state index is -1.59. The van der Waals surface area contributed by atoms with Gasteiger partial charge in [-0.1, -0.05) is 13.8 Å². The van der Waals surface area contributed by atoms with Crippen molar-refractivity contribution in [1.82, 2.24) is 10.6 Å². The van der Waals surface area contributed by atoms with E-state index in [9.17, 15) is 8.78 Å². The second kappa shape index (κ2) is 8.56. The Labute approximate surface area is 114 Å². The van der Waals surface area contributed by atoms with Crippen molar-refractivity contribution in [3.8, 4) is 0 Å². The molecule has 0 aromatic carbocycles. The maximum absolute atomic E-state index is 14.3. The monoisotopic (exact) mass is 286 g/mol. The highest BCUT2D eigenvalue weighted by atomic mass is 32.1. The molecule has 0 aliphatic rings. The van der Waals surface area contributed by atoms with Gasteiger partial charge in [0.2, 0.25) is 0 Å². The predicted octanol–water partition coefficient (Wildman–Crippen LogP) is 2.22. The highest BCUT2D eigenvalue weighted by Gasteiger charge is 2.34. The standard InChI is InChI=1S/C11H24F2N2S2/c1-3-14-7-10(12,8-16)5-6-11(13,9-17)15-4-2/h14-17H,3-9H2,1-2H3/t10-,11+/m0/s1. The molecule has 2 N–H and O–H groups in total. The quantitative estimate of drug-likeness (QED) is 0.366. The van der Waals surface area contributed by atoms with Gasteiger partial charge in [0.15, 0.2) is 5.79 Å². The molecule has 0 heterocycles. The van der Waals surface area contributed by atoms with Crippen molar-refractivity contribution in [2.45, 2.75) is 38.2 Å². The van der Waals surface area contributed by atoms with E-state index in [4.69, 9.17) is 0 Å². The van der Waals surface area contributed by atoms with Crippen LogP contribution in [0, 0.1) is 0 Å². The van der Waals surface area contributed by atoms with E-state index in [-0.39, 0.29) is 30.9 Å². The second-order valence-corrected chi connectivity index (χ2v) is 4.88. The first-order chi connectivity index (χ1) is 7.95. The summed E-state index contributed by atoms with van der Waals surface area (Å²) >= 11 is 7.98. The molecule has 2 atom stereocenters. The van der Waals surface area contributed by atoms with Gasteiger partial charge in [0.05, 0.1) is 0 Å². The van der Waals surface area contributed by atoms with Crippen LogP contribution >= 0.6 is 25.3 Å². The van der Waals surface area contributed by atoms with Crippen molar-refractivity contribution in [3.63, 3.8) is 0 Å². The predicted molar refractivity (Wildman–Crippen MR) is 76.8 cm³/mol. The van der Waals surface area contributed by atoms with E-state index in [0.29, 0.717) is 13.1 Å². The van der Waals surface area contributed by atoms with E-state index in [2.05, 4.69) is 35.9 Å². The van der Waals surface area contributed by atoms with Crippen molar-refractivity contribution in [2.75, 3.05) is 31.1 Å². The van der Waals surface area contributed by atoms with Gasteiger partial charge >= 0.3 is 0 Å². The SMILES string of the molecule is CCNC[C@](F)(CS)CC[C@](F)(CS)NCC. The summed E-state index contributed by atoms with van der Waals surface area (Å²) in [4.78, 5) is 0. The van der Waals surface area contributed by atoms with Crippen LogP contribution in [0.1, 0.15) is 26.7 Å². The van der Waals surface area contributed by atoms with Crippen molar-refractivity contribution >= 4 is 25.3 Å². The molecule has 0 saturated carbocycles. The van der Waals surface area contributed by atoms with E-state index < -0.39 is 11.5 Å². The first kappa shape index (κ1) is 17.5. The van der Waals surface area contributed by atoms with Crippen molar-refractivity contribution < 1.29 is 8.78 Å². The van der Waals surface area contributed by atoms with E-state index in [1.165, 1.54) is 0 Å². The lowest BCUT2D eigenvalue weighted by molar-refractivity contribution is 0.0904. The molecule has 104 valence electrons. The summed E-state index contributed by atoms with van der Waals surface area (Å²) in [6.07, 6.45) is 0.236. The van der Waals surface area contributed by atoms with Crippen LogP contribution in [0.5, 0.6) is 0 Å². The number of hydrogen-bond donors (Lipinski definition) is 4. The van der Waals surface area contributed by atoms with E-state index in [1.54, 1.807) is 0 Å². The van der Waals surface area contributed by atoms with Crippen LogP contribution in [0.4, 0.5) is 8.78 Å². The van der Waals surface area contributed by atoms with Gasteiger partial charge < -0.3 is 5.32 Å². The summed E-state index contributed by atoms with van der Waals surface area (Å²) in [7, 11) is 0. The van der Waals surface area contributed by atoms with Crippen molar-refractivity contribution in [1.29, 1.82) is 0 Å². The third-order valence-corrected chi connectivity index (χ3v) is 3.76. The summed E-state index contributed by atoms with van der Waals surface area (Å²) in [5.74, 6) is -1.45. The smallest absolute Gasteiger partial charge is 0.170 e. The zero-order chi connectivity index (χ0) is 13.4. The zero-order valence-electron chi connectivity index (χ0n) is 10.6. The van der Waals surface area contributed by atoms with E-state index in [0.717, 1.165) is 0 Å². The molecule has 0 aliphatic heterocycles. The van der Waals surface area contributed by atoms with Gasteiger partial charge in [-0.15, -0.1) is 0 Å². The van der Waals surface area contributed by atoms with Gasteiger partial charge in [0.25, 0.3) is 0 Å². The largest absolute Gasteiger partial charge is 0.314 e. The van der Waals surface area contributed by atoms with Crippen molar-refractivity contribution in [2.24, 2.45) is 0 Å². The Bertz CT molecular complexity index is 210. The van der Waals surface area contributed by atoms with Crippen LogP contribution in [-0.4, -0.2) is 42.6 Å². The van der Waals surface area contributed by atoms with Gasteiger partial charge in [-0.05, 0) is 25.9 Å². The number of nitrogens with one attached hydrogen (secondary N) is 2. The summed E-state index contributed by atoms with van der Waals surface area (Å²) < 4.78 is 28.4. The van der Waals surface area contributed by atoms with E-state index >= 15 is 0 Å². The highest BCUT2D eigenvalue weighted by Crippen LogP contribution is 2.26. The molecule has 0 aliphatic carbocycles. The molecule has 0 fully saturated rings. The Hall–Kier alpha value is 0.480. The lowest BCUT2D eigenvalue weighted by Gasteiger charge is -2.29. The normalized spacial score (nSPS) is 18.7. The van der Waals surface area contributed by atoms with Gasteiger partial charge in [-0.3, -0.25) is 5.32 Å². The molecular weight excluding hydrogens is 262 g/mol. The minimum absolute atomic E-state index is 0.0463. The number of thiol groups is 2. The first-order valence-electron chi connectivity index (χ1n) is 6.00. The Kier molecular flexibility index (Phi) is 8.80. The third kappa shape index (κ3) is 6.84. The molecule has 6 heteroatoms. The fourth-order valence-corrected chi connectivity index (χ4v) is 2.07.